The predicted molar refractivity (Wildman–Crippen MR) is 71.6 cm³/mol. The van der Waals surface area contributed by atoms with Gasteiger partial charge in [0.15, 0.2) is 0 Å². The Labute approximate surface area is 161 Å². The molecule has 98 valence electrons. The van der Waals surface area contributed by atoms with Crippen LogP contribution >= 0.6 is 0 Å². The summed E-state index contributed by atoms with van der Waals surface area (Å²) in [6.07, 6.45) is 0. The van der Waals surface area contributed by atoms with Crippen molar-refractivity contribution in [2.45, 2.75) is 19.4 Å². The maximum Gasteiger partial charge on any atom is 1.00 e. The van der Waals surface area contributed by atoms with Crippen LogP contribution in [0.15, 0.2) is 54.6 Å². The molecule has 0 N–H and O–H groups in total. The molecule has 0 aliphatic rings. The van der Waals surface area contributed by atoms with Crippen LogP contribution in [-0.4, -0.2) is 11.6 Å². The molecule has 0 aliphatic heterocycles. The van der Waals surface area contributed by atoms with Crippen molar-refractivity contribution in [3.05, 3.63) is 54.6 Å². The maximum absolute atomic E-state index is 10.9. The summed E-state index contributed by atoms with van der Waals surface area (Å²) in [6, 6.07) is 17.2. The van der Waals surface area contributed by atoms with Crippen LogP contribution in [0.25, 0.3) is 11.1 Å². The molecular weight excluding hydrogens is 279 g/mol. The number of rotatable bonds is 4. The molecule has 0 spiro atoms. The molecule has 0 aliphatic carbocycles. The van der Waals surface area contributed by atoms with Crippen LogP contribution in [-0.2, 0) is 4.79 Å². The van der Waals surface area contributed by atoms with Gasteiger partial charge >= 0.3 is 51.4 Å². The summed E-state index contributed by atoms with van der Waals surface area (Å²) in [7, 11) is 0. The molecule has 3 nitrogen and oxygen atoms in total. The summed E-state index contributed by atoms with van der Waals surface area (Å²) in [6.45, 7) is 2.93. The quantitative estimate of drug-likeness (QED) is 0.698. The van der Waals surface area contributed by atoms with E-state index in [-0.39, 0.29) is 51.4 Å². The van der Waals surface area contributed by atoms with Crippen LogP contribution < -0.4 is 61.2 Å². The largest absolute Gasteiger partial charge is 1.00 e. The van der Waals surface area contributed by atoms with Crippen molar-refractivity contribution < 1.29 is 66.0 Å². The number of ether oxygens (including phenoxy) is 1. The van der Waals surface area contributed by atoms with Crippen molar-refractivity contribution in [3.63, 3.8) is 0 Å². The van der Waals surface area contributed by atoms with Crippen molar-refractivity contribution in [2.24, 2.45) is 0 Å². The molecule has 2 rings (SSSR count). The van der Waals surface area contributed by atoms with E-state index in [1.54, 1.807) is 12.1 Å². The van der Waals surface area contributed by atoms with E-state index in [4.69, 9.17) is 4.74 Å². The number of carbonyl (C=O) groups excluding carboxylic acids is 1. The molecule has 0 fully saturated rings. The molecule has 0 saturated heterocycles. The summed E-state index contributed by atoms with van der Waals surface area (Å²) in [5.74, 6) is -0.728. The third-order valence-corrected chi connectivity index (χ3v) is 2.83. The average molecular weight is 294 g/mol. The van der Waals surface area contributed by atoms with Gasteiger partial charge in [0.2, 0.25) is 0 Å². The standard InChI is InChI=1S/C16H16O3.K/c1-16(2,15(17)18)19-14-10-8-13(9-11-14)12-6-4-3-5-7-12;/h3-11H,1-2H3,(H,17,18);/q;+1/p-1. The molecule has 20 heavy (non-hydrogen) atoms. The van der Waals surface area contributed by atoms with Gasteiger partial charge in [-0.25, -0.2) is 0 Å². The van der Waals surface area contributed by atoms with Crippen LogP contribution in [0.2, 0.25) is 0 Å². The van der Waals surface area contributed by atoms with Gasteiger partial charge < -0.3 is 14.6 Å². The van der Waals surface area contributed by atoms with Gasteiger partial charge in [0, 0.05) is 0 Å². The molecule has 0 radical (unpaired) electrons. The third-order valence-electron chi connectivity index (χ3n) is 2.83. The second-order valence-corrected chi connectivity index (χ2v) is 4.79. The van der Waals surface area contributed by atoms with Crippen LogP contribution in [0.5, 0.6) is 5.75 Å². The average Bonchev–Trinajstić information content (AvgIpc) is 2.40. The van der Waals surface area contributed by atoms with Crippen molar-refractivity contribution >= 4 is 5.97 Å². The molecule has 0 heterocycles. The first-order valence-corrected chi connectivity index (χ1v) is 6.05. The fraction of sp³-hybridized carbons (Fsp3) is 0.188. The van der Waals surface area contributed by atoms with Crippen LogP contribution in [0.4, 0.5) is 0 Å². The first-order chi connectivity index (χ1) is 8.99. The molecule has 0 amide bonds. The second kappa shape index (κ2) is 7.38. The Morgan fingerprint density at radius 1 is 0.950 bits per heavy atom. The number of hydrogen-bond donors (Lipinski definition) is 0. The molecule has 4 heteroatoms. The van der Waals surface area contributed by atoms with E-state index in [2.05, 4.69) is 0 Å². The fourth-order valence-electron chi connectivity index (χ4n) is 1.68. The van der Waals surface area contributed by atoms with Crippen molar-refractivity contribution in [2.75, 3.05) is 0 Å². The minimum Gasteiger partial charge on any atom is -0.546 e. The zero-order valence-corrected chi connectivity index (χ0v) is 15.0. The first kappa shape index (κ1) is 17.4. The molecule has 0 unspecified atom stereocenters. The summed E-state index contributed by atoms with van der Waals surface area (Å²) >= 11 is 0. The summed E-state index contributed by atoms with van der Waals surface area (Å²) in [5.41, 5.74) is 0.821. The molecular formula is C16H15KO3. The van der Waals surface area contributed by atoms with Crippen LogP contribution in [0.3, 0.4) is 0 Å². The first-order valence-electron chi connectivity index (χ1n) is 6.05. The number of aliphatic carboxylic acids is 1. The predicted octanol–water partition coefficient (Wildman–Crippen LogP) is -0.735. The third kappa shape index (κ3) is 4.43. The molecule has 0 atom stereocenters. The van der Waals surface area contributed by atoms with Gasteiger partial charge in [0.05, 0.1) is 5.97 Å². The zero-order chi connectivity index (χ0) is 13.9. The Hall–Kier alpha value is -0.654. The van der Waals surface area contributed by atoms with E-state index in [1.165, 1.54) is 13.8 Å². The minimum absolute atomic E-state index is 0. The van der Waals surface area contributed by atoms with Crippen molar-refractivity contribution in [1.29, 1.82) is 0 Å². The van der Waals surface area contributed by atoms with E-state index < -0.39 is 11.6 Å². The van der Waals surface area contributed by atoms with Gasteiger partial charge in [0.25, 0.3) is 0 Å². The zero-order valence-electron chi connectivity index (χ0n) is 11.9. The summed E-state index contributed by atoms with van der Waals surface area (Å²) in [5, 5.41) is 10.9. The number of carboxylic acid groups (broad SMARTS) is 1. The second-order valence-electron chi connectivity index (χ2n) is 4.79. The van der Waals surface area contributed by atoms with Crippen molar-refractivity contribution in [1.82, 2.24) is 0 Å². The van der Waals surface area contributed by atoms with Gasteiger partial charge in [-0.3, -0.25) is 0 Å². The smallest absolute Gasteiger partial charge is 0.546 e. The summed E-state index contributed by atoms with van der Waals surface area (Å²) < 4.78 is 5.39. The minimum atomic E-state index is -1.34. The van der Waals surface area contributed by atoms with Crippen LogP contribution in [0, 0.1) is 0 Å². The van der Waals surface area contributed by atoms with Crippen LogP contribution in [0.1, 0.15) is 13.8 Å². The Balaban J connectivity index is 0.00000200. The van der Waals surface area contributed by atoms with E-state index in [0.717, 1.165) is 11.1 Å². The Morgan fingerprint density at radius 2 is 1.45 bits per heavy atom. The molecule has 0 saturated carbocycles. The Morgan fingerprint density at radius 3 is 1.95 bits per heavy atom. The van der Waals surface area contributed by atoms with E-state index in [1.807, 2.05) is 42.5 Å². The van der Waals surface area contributed by atoms with Gasteiger partial charge in [-0.1, -0.05) is 42.5 Å². The Bertz CT molecular complexity index is 562. The normalized spacial score (nSPS) is 10.5. The van der Waals surface area contributed by atoms with E-state index in [9.17, 15) is 9.90 Å². The molecule has 2 aromatic rings. The molecule has 0 aromatic heterocycles. The monoisotopic (exact) mass is 294 g/mol. The number of carbonyl (C=O) groups is 1. The van der Waals surface area contributed by atoms with Crippen molar-refractivity contribution in [3.8, 4) is 16.9 Å². The molecule has 2 aromatic carbocycles. The molecule has 0 bridgehead atoms. The summed E-state index contributed by atoms with van der Waals surface area (Å²) in [4.78, 5) is 10.9. The Kier molecular flexibility index (Phi) is 6.42. The van der Waals surface area contributed by atoms with E-state index in [0.29, 0.717) is 5.75 Å². The number of carboxylic acids is 1. The van der Waals surface area contributed by atoms with Gasteiger partial charge in [0.1, 0.15) is 11.4 Å². The number of hydrogen-bond acceptors (Lipinski definition) is 3. The maximum atomic E-state index is 10.9. The number of benzene rings is 2. The van der Waals surface area contributed by atoms with E-state index >= 15 is 0 Å². The van der Waals surface area contributed by atoms with Gasteiger partial charge in [-0.2, -0.15) is 0 Å². The SMILES string of the molecule is CC(C)(Oc1ccc(-c2ccccc2)cc1)C(=O)[O-].[K+]. The fourth-order valence-corrected chi connectivity index (χ4v) is 1.68. The topological polar surface area (TPSA) is 49.4 Å². The van der Waals surface area contributed by atoms with Gasteiger partial charge in [-0.15, -0.1) is 0 Å². The van der Waals surface area contributed by atoms with Gasteiger partial charge in [-0.05, 0) is 37.1 Å².